The summed E-state index contributed by atoms with van der Waals surface area (Å²) in [4.78, 5) is 13.9. The zero-order valence-electron chi connectivity index (χ0n) is 16.1. The van der Waals surface area contributed by atoms with Crippen molar-refractivity contribution in [3.05, 3.63) is 28.8 Å². The molecule has 1 N–H and O–H groups in total. The highest BCUT2D eigenvalue weighted by atomic mass is 16.6. The van der Waals surface area contributed by atoms with E-state index >= 15 is 0 Å². The fraction of sp³-hybridized carbons (Fsp3) is 0.650. The molecule has 0 aromatic heterocycles. The monoisotopic (exact) mass is 333 g/mol. The lowest BCUT2D eigenvalue weighted by molar-refractivity contribution is -0.165. The van der Waals surface area contributed by atoms with Crippen LogP contribution in [0.4, 0.5) is 5.69 Å². The number of nitrogens with zero attached hydrogens (tertiary/aromatic N) is 1. The summed E-state index contributed by atoms with van der Waals surface area (Å²) in [5.74, 6) is 0.0595. The molecule has 1 aromatic rings. The molecular formula is C20H31NO3. The van der Waals surface area contributed by atoms with Gasteiger partial charge in [0.2, 0.25) is 6.41 Å². The highest BCUT2D eigenvalue weighted by Crippen LogP contribution is 2.42. The molecule has 1 aliphatic heterocycles. The van der Waals surface area contributed by atoms with Crippen LogP contribution in [0.1, 0.15) is 76.4 Å². The molecule has 0 amide bonds. The Hall–Kier alpha value is -1.39. The fourth-order valence-electron chi connectivity index (χ4n) is 3.30. The van der Waals surface area contributed by atoms with E-state index in [1.807, 2.05) is 31.7 Å². The van der Waals surface area contributed by atoms with Crippen LogP contribution in [-0.2, 0) is 16.6 Å². The van der Waals surface area contributed by atoms with Crippen molar-refractivity contribution in [3.63, 3.8) is 0 Å². The van der Waals surface area contributed by atoms with Crippen molar-refractivity contribution in [2.24, 2.45) is 0 Å². The van der Waals surface area contributed by atoms with Crippen LogP contribution in [0.5, 0.6) is 0 Å². The number of hydrogen-bond acceptors (Lipinski definition) is 4. The number of hydrogen-bond donors (Lipinski definition) is 1. The molecule has 1 aromatic carbocycles. The average Bonchev–Trinajstić information content (AvgIpc) is 2.44. The summed E-state index contributed by atoms with van der Waals surface area (Å²) in [6, 6.07) is 4.08. The third-order valence-electron chi connectivity index (χ3n) is 4.72. The Labute approximate surface area is 145 Å². The Kier molecular flexibility index (Phi) is 5.12. The maximum atomic E-state index is 12.1. The van der Waals surface area contributed by atoms with E-state index in [4.69, 9.17) is 4.74 Å². The Balaban J connectivity index is 2.55. The average molecular weight is 333 g/mol. The predicted molar refractivity (Wildman–Crippen MR) is 97.7 cm³/mol. The maximum Gasteiger partial charge on any atom is 0.238 e. The van der Waals surface area contributed by atoms with Crippen molar-refractivity contribution in [2.45, 2.75) is 78.7 Å². The number of benzene rings is 1. The van der Waals surface area contributed by atoms with Gasteiger partial charge in [0, 0.05) is 17.8 Å². The Morgan fingerprint density at radius 1 is 1.38 bits per heavy atom. The van der Waals surface area contributed by atoms with Gasteiger partial charge >= 0.3 is 0 Å². The van der Waals surface area contributed by atoms with E-state index in [1.54, 1.807) is 6.92 Å². The lowest BCUT2D eigenvalue weighted by Gasteiger charge is -2.43. The molecule has 0 fully saturated rings. The normalized spacial score (nSPS) is 18.2. The third kappa shape index (κ3) is 3.81. The van der Waals surface area contributed by atoms with E-state index in [9.17, 15) is 9.90 Å². The van der Waals surface area contributed by atoms with Crippen molar-refractivity contribution in [1.82, 2.24) is 0 Å². The molecule has 0 bridgehead atoms. The molecule has 0 spiro atoms. The van der Waals surface area contributed by atoms with E-state index < -0.39 is 12.0 Å². The second-order valence-electron chi connectivity index (χ2n) is 8.32. The highest BCUT2D eigenvalue weighted by Gasteiger charge is 2.36. The van der Waals surface area contributed by atoms with Gasteiger partial charge in [0.15, 0.2) is 5.78 Å². The van der Waals surface area contributed by atoms with Crippen LogP contribution in [0.15, 0.2) is 12.1 Å². The maximum absolute atomic E-state index is 12.1. The van der Waals surface area contributed by atoms with Gasteiger partial charge in [-0.25, -0.2) is 0 Å². The van der Waals surface area contributed by atoms with Crippen LogP contribution in [0.2, 0.25) is 0 Å². The summed E-state index contributed by atoms with van der Waals surface area (Å²) in [5, 5.41) is 10.6. The van der Waals surface area contributed by atoms with Gasteiger partial charge in [0.05, 0.1) is 5.60 Å². The molecule has 0 radical (unpaired) electrons. The molecular weight excluding hydrogens is 302 g/mol. The topological polar surface area (TPSA) is 49.8 Å². The number of aryl methyl sites for hydroxylation is 1. The molecule has 1 atom stereocenters. The van der Waals surface area contributed by atoms with Crippen LogP contribution in [0.3, 0.4) is 0 Å². The van der Waals surface area contributed by atoms with Gasteiger partial charge < -0.3 is 14.7 Å². The first-order chi connectivity index (χ1) is 11.0. The number of carbonyl (C=O) groups excluding carboxylic acids is 1. The summed E-state index contributed by atoms with van der Waals surface area (Å²) in [7, 11) is 0. The summed E-state index contributed by atoms with van der Waals surface area (Å²) in [6.45, 7) is 14.6. The van der Waals surface area contributed by atoms with Gasteiger partial charge in [0.25, 0.3) is 0 Å². The van der Waals surface area contributed by atoms with Crippen molar-refractivity contribution in [3.8, 4) is 0 Å². The SMILES string of the molecule is CCc1cc2c(cc1C(C)=O)N(C(O)OC(C)(C)C)CCC2(C)C. The standard InChI is InChI=1S/C20H31NO3/c1-8-14-11-16-17(12-15(14)13(2)22)21(10-9-20(16,6)7)18(23)24-19(3,4)5/h11-12,18,23H,8-10H2,1-7H3. The van der Waals surface area contributed by atoms with E-state index in [1.165, 1.54) is 5.56 Å². The predicted octanol–water partition coefficient (Wildman–Crippen LogP) is 4.03. The molecule has 1 aliphatic rings. The van der Waals surface area contributed by atoms with Gasteiger partial charge in [-0.15, -0.1) is 0 Å². The quantitative estimate of drug-likeness (QED) is 0.667. The van der Waals surface area contributed by atoms with Crippen molar-refractivity contribution in [2.75, 3.05) is 11.4 Å². The minimum atomic E-state index is -1.02. The van der Waals surface area contributed by atoms with Crippen molar-refractivity contribution < 1.29 is 14.6 Å². The second kappa shape index (κ2) is 6.49. The number of rotatable bonds is 4. The minimum Gasteiger partial charge on any atom is -0.351 e. The van der Waals surface area contributed by atoms with Crippen LogP contribution >= 0.6 is 0 Å². The molecule has 0 aliphatic carbocycles. The molecule has 1 heterocycles. The molecule has 1 unspecified atom stereocenters. The first kappa shape index (κ1) is 18.9. The van der Waals surface area contributed by atoms with Crippen LogP contribution in [0, 0.1) is 0 Å². The lowest BCUT2D eigenvalue weighted by atomic mass is 9.76. The Morgan fingerprint density at radius 3 is 2.50 bits per heavy atom. The number of carbonyl (C=O) groups is 1. The van der Waals surface area contributed by atoms with Gasteiger partial charge in [-0.05, 0) is 63.1 Å². The molecule has 134 valence electrons. The third-order valence-corrected chi connectivity index (χ3v) is 4.72. The summed E-state index contributed by atoms with van der Waals surface area (Å²) in [5.41, 5.74) is 3.45. The summed E-state index contributed by atoms with van der Waals surface area (Å²) < 4.78 is 5.76. The number of ether oxygens (including phenoxy) is 1. The zero-order chi connectivity index (χ0) is 18.3. The van der Waals surface area contributed by atoms with Gasteiger partial charge in [0.1, 0.15) is 0 Å². The molecule has 4 heteroatoms. The Morgan fingerprint density at radius 2 is 2.00 bits per heavy atom. The first-order valence-corrected chi connectivity index (χ1v) is 8.77. The van der Waals surface area contributed by atoms with Gasteiger partial charge in [-0.3, -0.25) is 4.79 Å². The highest BCUT2D eigenvalue weighted by molar-refractivity contribution is 5.97. The molecule has 24 heavy (non-hydrogen) atoms. The number of anilines is 1. The number of aliphatic hydroxyl groups excluding tert-OH is 1. The van der Waals surface area contributed by atoms with E-state index in [-0.39, 0.29) is 11.2 Å². The van der Waals surface area contributed by atoms with Gasteiger partial charge in [-0.2, -0.15) is 0 Å². The largest absolute Gasteiger partial charge is 0.351 e. The zero-order valence-corrected chi connectivity index (χ0v) is 16.1. The van der Waals surface area contributed by atoms with Crippen LogP contribution in [0.25, 0.3) is 0 Å². The number of fused-ring (bicyclic) bond motifs is 1. The lowest BCUT2D eigenvalue weighted by Crippen LogP contribution is -2.47. The first-order valence-electron chi connectivity index (χ1n) is 8.77. The van der Waals surface area contributed by atoms with Gasteiger partial charge in [-0.1, -0.05) is 26.8 Å². The summed E-state index contributed by atoms with van der Waals surface area (Å²) >= 11 is 0. The molecule has 2 rings (SSSR count). The van der Waals surface area contributed by atoms with E-state index in [0.717, 1.165) is 29.7 Å². The molecule has 0 saturated heterocycles. The van der Waals surface area contributed by atoms with E-state index in [2.05, 4.69) is 26.8 Å². The van der Waals surface area contributed by atoms with E-state index in [0.29, 0.717) is 6.54 Å². The van der Waals surface area contributed by atoms with Crippen LogP contribution < -0.4 is 4.90 Å². The van der Waals surface area contributed by atoms with Crippen LogP contribution in [-0.4, -0.2) is 29.4 Å². The van der Waals surface area contributed by atoms with Crippen molar-refractivity contribution in [1.29, 1.82) is 0 Å². The number of aliphatic hydroxyl groups is 1. The van der Waals surface area contributed by atoms with Crippen molar-refractivity contribution >= 4 is 11.5 Å². The fourth-order valence-corrected chi connectivity index (χ4v) is 3.30. The minimum absolute atomic E-state index is 0.00647. The molecule has 4 nitrogen and oxygen atoms in total. The summed E-state index contributed by atoms with van der Waals surface area (Å²) in [6.07, 6.45) is 0.721. The smallest absolute Gasteiger partial charge is 0.238 e. The Bertz CT molecular complexity index is 629. The number of ketones is 1. The second-order valence-corrected chi connectivity index (χ2v) is 8.32. The molecule has 0 saturated carbocycles. The number of Topliss-reactive ketones (excluding diaryl/α,β-unsaturated/α-hetero) is 1.